The molecule has 0 aliphatic rings. The van der Waals surface area contributed by atoms with Gasteiger partial charge in [0, 0.05) is 31.5 Å². The summed E-state index contributed by atoms with van der Waals surface area (Å²) in [5, 5.41) is 9.57. The van der Waals surface area contributed by atoms with E-state index in [1.54, 1.807) is 19.2 Å². The van der Waals surface area contributed by atoms with E-state index in [0.29, 0.717) is 30.3 Å². The smallest absolute Gasteiger partial charge is 0.105 e. The molecule has 0 radical (unpaired) electrons. The van der Waals surface area contributed by atoms with Gasteiger partial charge in [0.2, 0.25) is 0 Å². The molecule has 0 unspecified atom stereocenters. The molecule has 1 aromatic carbocycles. The highest BCUT2D eigenvalue weighted by molar-refractivity contribution is 7.80. The maximum atomic E-state index is 9.05. The molecule has 0 spiro atoms. The van der Waals surface area contributed by atoms with Crippen LogP contribution in [-0.4, -0.2) is 43.5 Å². The van der Waals surface area contributed by atoms with Gasteiger partial charge in [-0.1, -0.05) is 23.8 Å². The summed E-state index contributed by atoms with van der Waals surface area (Å²) < 4.78 is 5.04. The van der Waals surface area contributed by atoms with Crippen LogP contribution >= 0.6 is 23.8 Å². The first-order chi connectivity index (χ1) is 8.60. The van der Waals surface area contributed by atoms with Gasteiger partial charge in [0.1, 0.15) is 4.99 Å². The van der Waals surface area contributed by atoms with Crippen LogP contribution in [-0.2, 0) is 4.74 Å². The lowest BCUT2D eigenvalue weighted by Crippen LogP contribution is -2.30. The number of ether oxygens (including phenoxy) is 1. The highest BCUT2D eigenvalue weighted by Crippen LogP contribution is 2.23. The molecule has 1 rings (SSSR count). The Balaban J connectivity index is 2.91. The Morgan fingerprint density at radius 3 is 2.72 bits per heavy atom. The number of nitrogens with zero attached hydrogens (tertiary/aromatic N) is 1. The average molecular weight is 289 g/mol. The van der Waals surface area contributed by atoms with Gasteiger partial charge < -0.3 is 20.5 Å². The second-order valence-corrected chi connectivity index (χ2v) is 4.58. The summed E-state index contributed by atoms with van der Waals surface area (Å²) in [6.45, 7) is 1.85. The van der Waals surface area contributed by atoms with Crippen molar-refractivity contribution in [3.05, 3.63) is 28.8 Å². The minimum atomic E-state index is 0.0678. The van der Waals surface area contributed by atoms with Crippen molar-refractivity contribution in [3.63, 3.8) is 0 Å². The number of methoxy groups -OCH3 is 1. The molecule has 0 aliphatic heterocycles. The fourth-order valence-electron chi connectivity index (χ4n) is 1.59. The lowest BCUT2D eigenvalue weighted by Gasteiger charge is -2.24. The SMILES string of the molecule is COCCN(CCO)c1ccc(C(N)=S)c(Cl)c1. The monoisotopic (exact) mass is 288 g/mol. The third-order valence-electron chi connectivity index (χ3n) is 2.52. The average Bonchev–Trinajstić information content (AvgIpc) is 2.33. The third-order valence-corrected chi connectivity index (χ3v) is 3.05. The molecule has 0 atom stereocenters. The summed E-state index contributed by atoms with van der Waals surface area (Å²) in [6, 6.07) is 5.46. The number of thiocarbonyl (C=S) groups is 1. The molecule has 0 saturated heterocycles. The van der Waals surface area contributed by atoms with Gasteiger partial charge in [-0.3, -0.25) is 0 Å². The predicted octanol–water partition coefficient (Wildman–Crippen LogP) is 1.42. The minimum Gasteiger partial charge on any atom is -0.395 e. The standard InChI is InChI=1S/C12H17ClN2O2S/c1-17-7-5-15(4-6-16)9-2-3-10(12(14)18)11(13)8-9/h2-3,8,16H,4-7H2,1H3,(H2,14,18). The number of benzene rings is 1. The number of halogens is 1. The summed E-state index contributed by atoms with van der Waals surface area (Å²) in [6.07, 6.45) is 0. The van der Waals surface area contributed by atoms with E-state index in [2.05, 4.69) is 0 Å². The zero-order chi connectivity index (χ0) is 13.5. The fourth-order valence-corrected chi connectivity index (χ4v) is 2.10. The zero-order valence-electron chi connectivity index (χ0n) is 10.2. The van der Waals surface area contributed by atoms with E-state index in [4.69, 9.17) is 39.4 Å². The van der Waals surface area contributed by atoms with Gasteiger partial charge in [-0.05, 0) is 18.2 Å². The van der Waals surface area contributed by atoms with Crippen molar-refractivity contribution in [2.24, 2.45) is 5.73 Å². The molecule has 0 aromatic heterocycles. The molecular weight excluding hydrogens is 272 g/mol. The van der Waals surface area contributed by atoms with Gasteiger partial charge in [-0.15, -0.1) is 0 Å². The molecule has 0 saturated carbocycles. The maximum Gasteiger partial charge on any atom is 0.105 e. The van der Waals surface area contributed by atoms with E-state index in [9.17, 15) is 0 Å². The number of rotatable bonds is 7. The predicted molar refractivity (Wildman–Crippen MR) is 78.5 cm³/mol. The molecule has 100 valence electrons. The number of nitrogens with two attached hydrogens (primary N) is 1. The molecule has 0 heterocycles. The lowest BCUT2D eigenvalue weighted by molar-refractivity contribution is 0.203. The van der Waals surface area contributed by atoms with Gasteiger partial charge >= 0.3 is 0 Å². The molecule has 3 N–H and O–H groups in total. The Kier molecular flexibility index (Phi) is 6.35. The van der Waals surface area contributed by atoms with Crippen LogP contribution in [0.25, 0.3) is 0 Å². The largest absolute Gasteiger partial charge is 0.395 e. The number of hydrogen-bond acceptors (Lipinski definition) is 4. The van der Waals surface area contributed by atoms with Crippen molar-refractivity contribution in [2.75, 3.05) is 38.3 Å². The van der Waals surface area contributed by atoms with Crippen molar-refractivity contribution < 1.29 is 9.84 Å². The fraction of sp³-hybridized carbons (Fsp3) is 0.417. The molecular formula is C12H17ClN2O2S. The van der Waals surface area contributed by atoms with Crippen LogP contribution in [0.15, 0.2) is 18.2 Å². The number of aliphatic hydroxyl groups excluding tert-OH is 1. The Hall–Kier alpha value is -0.880. The second-order valence-electron chi connectivity index (χ2n) is 3.73. The van der Waals surface area contributed by atoms with Crippen LogP contribution in [0.4, 0.5) is 5.69 Å². The van der Waals surface area contributed by atoms with Gasteiger partial charge in [-0.2, -0.15) is 0 Å². The Labute approximate surface area is 117 Å². The normalized spacial score (nSPS) is 10.4. The van der Waals surface area contributed by atoms with Gasteiger partial charge in [0.25, 0.3) is 0 Å². The number of hydrogen-bond donors (Lipinski definition) is 2. The highest BCUT2D eigenvalue weighted by atomic mass is 35.5. The maximum absolute atomic E-state index is 9.05. The van der Waals surface area contributed by atoms with Crippen LogP contribution in [0, 0.1) is 0 Å². The quantitative estimate of drug-likeness (QED) is 0.743. The highest BCUT2D eigenvalue weighted by Gasteiger charge is 2.09. The summed E-state index contributed by atoms with van der Waals surface area (Å²) in [5.41, 5.74) is 7.12. The van der Waals surface area contributed by atoms with Crippen LogP contribution in [0.3, 0.4) is 0 Å². The Morgan fingerprint density at radius 2 is 2.22 bits per heavy atom. The van der Waals surface area contributed by atoms with Crippen molar-refractivity contribution >= 4 is 34.5 Å². The van der Waals surface area contributed by atoms with Crippen LogP contribution in [0.2, 0.25) is 5.02 Å². The molecule has 0 fully saturated rings. The van der Waals surface area contributed by atoms with Crippen molar-refractivity contribution in [2.45, 2.75) is 0 Å². The third kappa shape index (κ3) is 4.10. The summed E-state index contributed by atoms with van der Waals surface area (Å²) in [4.78, 5) is 2.26. The minimum absolute atomic E-state index is 0.0678. The molecule has 4 nitrogen and oxygen atoms in total. The van der Waals surface area contributed by atoms with Gasteiger partial charge in [0.15, 0.2) is 0 Å². The second kappa shape index (κ2) is 7.53. The van der Waals surface area contributed by atoms with E-state index in [-0.39, 0.29) is 11.6 Å². The van der Waals surface area contributed by atoms with Gasteiger partial charge in [-0.25, -0.2) is 0 Å². The first kappa shape index (κ1) is 15.2. The summed E-state index contributed by atoms with van der Waals surface area (Å²) in [7, 11) is 1.64. The van der Waals surface area contributed by atoms with Crippen LogP contribution < -0.4 is 10.6 Å². The first-order valence-corrected chi connectivity index (χ1v) is 6.33. The van der Waals surface area contributed by atoms with Crippen molar-refractivity contribution in [1.82, 2.24) is 0 Å². The number of anilines is 1. The van der Waals surface area contributed by atoms with Crippen LogP contribution in [0.1, 0.15) is 5.56 Å². The molecule has 0 aliphatic carbocycles. The Bertz CT molecular complexity index is 415. The molecule has 18 heavy (non-hydrogen) atoms. The van der Waals surface area contributed by atoms with Gasteiger partial charge in [0.05, 0.1) is 18.2 Å². The summed E-state index contributed by atoms with van der Waals surface area (Å²) >= 11 is 11.0. The lowest BCUT2D eigenvalue weighted by atomic mass is 10.2. The Morgan fingerprint density at radius 1 is 1.50 bits per heavy atom. The van der Waals surface area contributed by atoms with Crippen LogP contribution in [0.5, 0.6) is 0 Å². The van der Waals surface area contributed by atoms with Crippen molar-refractivity contribution in [3.8, 4) is 0 Å². The molecule has 0 bridgehead atoms. The first-order valence-electron chi connectivity index (χ1n) is 5.54. The summed E-state index contributed by atoms with van der Waals surface area (Å²) in [5.74, 6) is 0. The number of aliphatic hydroxyl groups is 1. The zero-order valence-corrected chi connectivity index (χ0v) is 11.8. The van der Waals surface area contributed by atoms with E-state index < -0.39 is 0 Å². The topological polar surface area (TPSA) is 58.7 Å². The van der Waals surface area contributed by atoms with E-state index >= 15 is 0 Å². The molecule has 0 amide bonds. The van der Waals surface area contributed by atoms with E-state index in [1.807, 2.05) is 11.0 Å². The van der Waals surface area contributed by atoms with Crippen molar-refractivity contribution in [1.29, 1.82) is 0 Å². The van der Waals surface area contributed by atoms with E-state index in [0.717, 1.165) is 5.69 Å². The molecule has 1 aromatic rings. The van der Waals surface area contributed by atoms with E-state index in [1.165, 1.54) is 0 Å². The molecule has 6 heteroatoms.